The zero-order valence-electron chi connectivity index (χ0n) is 15.4. The predicted molar refractivity (Wildman–Crippen MR) is 111 cm³/mol. The quantitative estimate of drug-likeness (QED) is 0.437. The molecule has 0 aliphatic rings. The second kappa shape index (κ2) is 9.89. The maximum atomic E-state index is 13.7. The number of hydrogen-bond donors (Lipinski definition) is 0. The summed E-state index contributed by atoms with van der Waals surface area (Å²) in [6.45, 7) is 4.73. The van der Waals surface area contributed by atoms with E-state index in [0.717, 1.165) is 11.3 Å². The average molecular weight is 392 g/mol. The van der Waals surface area contributed by atoms with E-state index >= 15 is 0 Å². The third-order valence-corrected chi connectivity index (χ3v) is 8.17. The summed E-state index contributed by atoms with van der Waals surface area (Å²) in [5.41, 5.74) is 0.889. The lowest BCUT2D eigenvalue weighted by atomic mass is 10.2. The molecular formula is C20H25O4PS. The van der Waals surface area contributed by atoms with Crippen molar-refractivity contribution in [1.82, 2.24) is 0 Å². The molecule has 2 aromatic rings. The first kappa shape index (κ1) is 20.7. The lowest BCUT2D eigenvalue weighted by Crippen LogP contribution is -2.07. The molecular weight excluding hydrogens is 367 g/mol. The summed E-state index contributed by atoms with van der Waals surface area (Å²) < 4.78 is 31.0. The van der Waals surface area contributed by atoms with Crippen molar-refractivity contribution in [2.75, 3.05) is 20.3 Å². The zero-order valence-corrected chi connectivity index (χ0v) is 17.1. The Labute approximate surface area is 157 Å². The molecule has 0 radical (unpaired) electrons. The van der Waals surface area contributed by atoms with Gasteiger partial charge < -0.3 is 13.8 Å². The summed E-state index contributed by atoms with van der Waals surface area (Å²) in [7, 11) is -2.61. The van der Waals surface area contributed by atoms with Crippen LogP contribution in [-0.2, 0) is 18.6 Å². The van der Waals surface area contributed by atoms with Gasteiger partial charge in [-0.25, -0.2) is 0 Å². The third kappa shape index (κ3) is 5.18. The Morgan fingerprint density at radius 1 is 1.04 bits per heavy atom. The van der Waals surface area contributed by atoms with E-state index in [1.54, 1.807) is 7.11 Å². The summed E-state index contributed by atoms with van der Waals surface area (Å²) in [6, 6.07) is 16.8. The Kier molecular flexibility index (Phi) is 7.85. The molecule has 26 heavy (non-hydrogen) atoms. The molecule has 0 N–H and O–H groups in total. The fourth-order valence-electron chi connectivity index (χ4n) is 2.27. The highest BCUT2D eigenvalue weighted by Gasteiger charge is 2.26. The number of methoxy groups -OCH3 is 1. The minimum atomic E-state index is -2.75. The number of hydrogen-bond acceptors (Lipinski definition) is 4. The van der Waals surface area contributed by atoms with E-state index in [1.165, 1.54) is 0 Å². The standard InChI is InChI=1S/C20H25O4PS/c1-5-23-25(24-6-2)20(16-17-12-14-18(22-3)15-13-17)26(4,21)19-10-8-7-9-11-19/h7-16H,4-6H2,1-3H3/b20-16-. The predicted octanol–water partition coefficient (Wildman–Crippen LogP) is 5.15. The van der Waals surface area contributed by atoms with Crippen LogP contribution in [0.25, 0.3) is 6.08 Å². The first-order valence-corrected chi connectivity index (χ1v) is 11.3. The minimum Gasteiger partial charge on any atom is -0.497 e. The molecule has 6 heteroatoms. The second-order valence-electron chi connectivity index (χ2n) is 5.34. The molecule has 0 bridgehead atoms. The van der Waals surface area contributed by atoms with Gasteiger partial charge >= 0.3 is 0 Å². The van der Waals surface area contributed by atoms with Crippen molar-refractivity contribution in [1.29, 1.82) is 0 Å². The van der Waals surface area contributed by atoms with Gasteiger partial charge in [0.25, 0.3) is 0 Å². The van der Waals surface area contributed by atoms with Gasteiger partial charge in [-0.05, 0) is 55.6 Å². The fourth-order valence-corrected chi connectivity index (χ4v) is 6.08. The Hall–Kier alpha value is -1.65. The van der Waals surface area contributed by atoms with Crippen molar-refractivity contribution in [2.45, 2.75) is 18.7 Å². The van der Waals surface area contributed by atoms with Crippen LogP contribution in [-0.4, -0.2) is 30.4 Å². The minimum absolute atomic E-state index is 0.468. The normalized spacial score (nSPS) is 14.2. The molecule has 0 saturated heterocycles. The molecule has 0 aromatic heterocycles. The van der Waals surface area contributed by atoms with Crippen molar-refractivity contribution in [3.05, 3.63) is 64.8 Å². The maximum absolute atomic E-state index is 13.7. The molecule has 1 unspecified atom stereocenters. The molecule has 140 valence electrons. The summed E-state index contributed by atoms with van der Waals surface area (Å²) in [5.74, 6) is 4.81. The van der Waals surface area contributed by atoms with Crippen molar-refractivity contribution in [3.63, 3.8) is 0 Å². The Bertz CT molecular complexity index is 809. The first-order valence-electron chi connectivity index (χ1n) is 8.37. The monoisotopic (exact) mass is 392 g/mol. The van der Waals surface area contributed by atoms with Crippen molar-refractivity contribution >= 4 is 29.8 Å². The summed E-state index contributed by atoms with van der Waals surface area (Å²) in [4.78, 5) is 0.659. The van der Waals surface area contributed by atoms with E-state index in [9.17, 15) is 4.21 Å². The van der Waals surface area contributed by atoms with Crippen molar-refractivity contribution in [3.8, 4) is 5.75 Å². The molecule has 0 saturated carbocycles. The topological polar surface area (TPSA) is 44.8 Å². The highest BCUT2D eigenvalue weighted by atomic mass is 32.2. The summed E-state index contributed by atoms with van der Waals surface area (Å²) >= 11 is 0. The van der Waals surface area contributed by atoms with Gasteiger partial charge in [0.2, 0.25) is 8.38 Å². The van der Waals surface area contributed by atoms with Crippen LogP contribution in [0.4, 0.5) is 0 Å². The number of benzene rings is 2. The van der Waals surface area contributed by atoms with Crippen LogP contribution in [0.15, 0.2) is 64.1 Å². The van der Waals surface area contributed by atoms with E-state index in [1.807, 2.05) is 74.5 Å². The molecule has 0 spiro atoms. The van der Waals surface area contributed by atoms with E-state index in [-0.39, 0.29) is 0 Å². The van der Waals surface area contributed by atoms with Crippen molar-refractivity contribution < 1.29 is 18.0 Å². The summed E-state index contributed by atoms with van der Waals surface area (Å²) in [6.07, 6.45) is 1.86. The fraction of sp³-hybridized carbons (Fsp3) is 0.250. The van der Waals surface area contributed by atoms with Crippen LogP contribution in [0.2, 0.25) is 0 Å². The smallest absolute Gasteiger partial charge is 0.214 e. The van der Waals surface area contributed by atoms with Crippen LogP contribution in [0.5, 0.6) is 5.75 Å². The van der Waals surface area contributed by atoms with Gasteiger partial charge in [0, 0.05) is 14.4 Å². The van der Waals surface area contributed by atoms with Crippen LogP contribution in [0, 0.1) is 0 Å². The Morgan fingerprint density at radius 3 is 2.12 bits per heavy atom. The molecule has 0 amide bonds. The first-order chi connectivity index (χ1) is 12.5. The Balaban J connectivity index is 2.55. The van der Waals surface area contributed by atoms with Crippen LogP contribution in [0.1, 0.15) is 19.4 Å². The van der Waals surface area contributed by atoms with Crippen LogP contribution in [0.3, 0.4) is 0 Å². The zero-order chi connectivity index (χ0) is 19.0. The van der Waals surface area contributed by atoms with Crippen LogP contribution < -0.4 is 4.74 Å². The van der Waals surface area contributed by atoms with Gasteiger partial charge in [0.1, 0.15) is 5.75 Å². The van der Waals surface area contributed by atoms with Gasteiger partial charge in [-0.1, -0.05) is 30.3 Å². The SMILES string of the molecule is C=S(=O)(/C(=C\c1ccc(OC)cc1)P(OCC)OCC)c1ccccc1. The molecule has 0 heterocycles. The molecule has 2 rings (SSSR count). The molecule has 0 aliphatic carbocycles. The highest BCUT2D eigenvalue weighted by molar-refractivity contribution is 8.10. The third-order valence-electron chi connectivity index (χ3n) is 3.54. The van der Waals surface area contributed by atoms with Gasteiger partial charge in [-0.15, -0.1) is 0 Å². The molecule has 0 aliphatic heterocycles. The second-order valence-corrected chi connectivity index (χ2v) is 9.41. The largest absolute Gasteiger partial charge is 0.497 e. The number of rotatable bonds is 9. The van der Waals surface area contributed by atoms with E-state index in [2.05, 4.69) is 5.87 Å². The van der Waals surface area contributed by atoms with Gasteiger partial charge in [-0.2, -0.15) is 0 Å². The highest BCUT2D eigenvalue weighted by Crippen LogP contribution is 2.52. The maximum Gasteiger partial charge on any atom is 0.214 e. The van der Waals surface area contributed by atoms with E-state index in [0.29, 0.717) is 22.8 Å². The van der Waals surface area contributed by atoms with Gasteiger partial charge in [0.05, 0.1) is 25.0 Å². The number of ether oxygens (including phenoxy) is 1. The van der Waals surface area contributed by atoms with Crippen molar-refractivity contribution in [2.24, 2.45) is 0 Å². The Morgan fingerprint density at radius 2 is 1.62 bits per heavy atom. The lowest BCUT2D eigenvalue weighted by molar-refractivity contribution is 0.276. The van der Waals surface area contributed by atoms with E-state index < -0.39 is 17.9 Å². The molecule has 4 nitrogen and oxygen atoms in total. The molecule has 1 atom stereocenters. The van der Waals surface area contributed by atoms with Gasteiger partial charge in [-0.3, -0.25) is 4.21 Å². The summed E-state index contributed by atoms with van der Waals surface area (Å²) in [5, 5.41) is 0. The molecule has 0 fully saturated rings. The van der Waals surface area contributed by atoms with Crippen LogP contribution >= 0.6 is 8.38 Å². The lowest BCUT2D eigenvalue weighted by Gasteiger charge is -2.22. The average Bonchev–Trinajstić information content (AvgIpc) is 2.67. The van der Waals surface area contributed by atoms with Gasteiger partial charge in [0.15, 0.2) is 0 Å². The van der Waals surface area contributed by atoms with E-state index in [4.69, 9.17) is 13.8 Å². The molecule has 2 aromatic carbocycles.